The molecule has 0 saturated carbocycles. The number of pyridine rings is 1. The second kappa shape index (κ2) is 4.23. The van der Waals surface area contributed by atoms with E-state index in [0.717, 1.165) is 4.47 Å². The topological polar surface area (TPSA) is 59.3 Å². The lowest BCUT2D eigenvalue weighted by Gasteiger charge is -2.02. The van der Waals surface area contributed by atoms with Crippen LogP contribution >= 0.6 is 15.9 Å². The Hall–Kier alpha value is -1.10. The van der Waals surface area contributed by atoms with Crippen LogP contribution in [0.4, 0.5) is 0 Å². The summed E-state index contributed by atoms with van der Waals surface area (Å²) in [6, 6.07) is 3.02. The second-order valence-electron chi connectivity index (χ2n) is 2.52. The molecule has 0 aromatic carbocycles. The van der Waals surface area contributed by atoms with Crippen LogP contribution in [0.2, 0.25) is 0 Å². The molecule has 1 rings (SSSR count). The average molecular weight is 246 g/mol. The molecule has 5 heteroatoms. The third-order valence-corrected chi connectivity index (χ3v) is 1.98. The van der Waals surface area contributed by atoms with Crippen LogP contribution in [0.15, 0.2) is 27.6 Å². The first kappa shape index (κ1) is 9.98. The third kappa shape index (κ3) is 3.02. The van der Waals surface area contributed by atoms with E-state index in [4.69, 9.17) is 5.11 Å². The number of carboxylic acids is 1. The second-order valence-corrected chi connectivity index (χ2v) is 3.44. The minimum absolute atomic E-state index is 0.0453. The fourth-order valence-electron chi connectivity index (χ4n) is 0.893. The summed E-state index contributed by atoms with van der Waals surface area (Å²) < 4.78 is 2.12. The van der Waals surface area contributed by atoms with Gasteiger partial charge in [-0.05, 0) is 22.0 Å². The molecule has 0 atom stereocenters. The standard InChI is InChI=1S/C8H8BrNO3/c9-6-1-2-7(11)10(5-6)4-3-8(12)13/h1-2,5H,3-4H2,(H,12,13). The maximum absolute atomic E-state index is 11.1. The number of hydrogen-bond donors (Lipinski definition) is 1. The molecule has 70 valence electrons. The zero-order valence-corrected chi connectivity index (χ0v) is 8.32. The van der Waals surface area contributed by atoms with E-state index in [-0.39, 0.29) is 18.5 Å². The summed E-state index contributed by atoms with van der Waals surface area (Å²) in [4.78, 5) is 21.4. The van der Waals surface area contributed by atoms with Gasteiger partial charge in [0.05, 0.1) is 6.42 Å². The number of aromatic nitrogens is 1. The lowest BCUT2D eigenvalue weighted by molar-refractivity contribution is -0.137. The summed E-state index contributed by atoms with van der Waals surface area (Å²) in [5.74, 6) is -0.910. The van der Waals surface area contributed by atoms with Gasteiger partial charge in [0.25, 0.3) is 5.56 Å². The van der Waals surface area contributed by atoms with Crippen molar-refractivity contribution in [3.63, 3.8) is 0 Å². The van der Waals surface area contributed by atoms with Gasteiger partial charge in [0, 0.05) is 23.3 Å². The summed E-state index contributed by atoms with van der Waals surface area (Å²) in [6.07, 6.45) is 1.53. The van der Waals surface area contributed by atoms with Gasteiger partial charge in [0.1, 0.15) is 0 Å². The molecule has 0 bridgehead atoms. The molecule has 13 heavy (non-hydrogen) atoms. The first-order chi connectivity index (χ1) is 6.09. The maximum atomic E-state index is 11.1. The zero-order valence-electron chi connectivity index (χ0n) is 6.74. The Morgan fingerprint density at radius 3 is 2.85 bits per heavy atom. The number of halogens is 1. The molecule has 0 amide bonds. The Bertz CT molecular complexity index is 372. The number of aryl methyl sites for hydroxylation is 1. The summed E-state index contributed by atoms with van der Waals surface area (Å²) in [7, 11) is 0. The molecule has 0 fully saturated rings. The van der Waals surface area contributed by atoms with Gasteiger partial charge in [0.2, 0.25) is 0 Å². The largest absolute Gasteiger partial charge is 0.481 e. The first-order valence-corrected chi connectivity index (χ1v) is 4.46. The molecule has 1 heterocycles. The Balaban J connectivity index is 2.82. The number of carbonyl (C=O) groups is 1. The van der Waals surface area contributed by atoms with E-state index < -0.39 is 5.97 Å². The van der Waals surface area contributed by atoms with Gasteiger partial charge >= 0.3 is 5.97 Å². The van der Waals surface area contributed by atoms with Crippen molar-refractivity contribution in [1.29, 1.82) is 0 Å². The molecule has 0 radical (unpaired) electrons. The fourth-order valence-corrected chi connectivity index (χ4v) is 1.27. The predicted octanol–water partition coefficient (Wildman–Crippen LogP) is 1.09. The van der Waals surface area contributed by atoms with E-state index >= 15 is 0 Å². The lowest BCUT2D eigenvalue weighted by Crippen LogP contribution is -2.19. The van der Waals surface area contributed by atoms with Gasteiger partial charge in [-0.15, -0.1) is 0 Å². The molecular weight excluding hydrogens is 238 g/mol. The van der Waals surface area contributed by atoms with Gasteiger partial charge in [-0.2, -0.15) is 0 Å². The molecule has 0 aliphatic heterocycles. The van der Waals surface area contributed by atoms with Crippen LogP contribution in [-0.4, -0.2) is 15.6 Å². The molecule has 0 saturated heterocycles. The SMILES string of the molecule is O=C(O)CCn1cc(Br)ccc1=O. The van der Waals surface area contributed by atoms with Crippen LogP contribution in [-0.2, 0) is 11.3 Å². The van der Waals surface area contributed by atoms with Crippen LogP contribution < -0.4 is 5.56 Å². The summed E-state index contributed by atoms with van der Waals surface area (Å²) in [5, 5.41) is 8.41. The normalized spacial score (nSPS) is 9.92. The lowest BCUT2D eigenvalue weighted by atomic mass is 10.4. The average Bonchev–Trinajstić information content (AvgIpc) is 2.06. The van der Waals surface area contributed by atoms with E-state index in [9.17, 15) is 9.59 Å². The van der Waals surface area contributed by atoms with Gasteiger partial charge < -0.3 is 9.67 Å². The van der Waals surface area contributed by atoms with E-state index in [1.165, 1.54) is 10.6 Å². The summed E-state index contributed by atoms with van der Waals surface area (Å²) in [5.41, 5.74) is -0.190. The third-order valence-electron chi connectivity index (χ3n) is 1.51. The van der Waals surface area contributed by atoms with Crippen molar-refractivity contribution in [2.45, 2.75) is 13.0 Å². The van der Waals surface area contributed by atoms with Crippen molar-refractivity contribution in [2.24, 2.45) is 0 Å². The van der Waals surface area contributed by atoms with Gasteiger partial charge in [-0.3, -0.25) is 9.59 Å². The van der Waals surface area contributed by atoms with Crippen molar-refractivity contribution < 1.29 is 9.90 Å². The summed E-state index contributed by atoms with van der Waals surface area (Å²) >= 11 is 3.20. The molecule has 0 unspecified atom stereocenters. The number of nitrogens with zero attached hydrogens (tertiary/aromatic N) is 1. The molecule has 1 aromatic rings. The van der Waals surface area contributed by atoms with Crippen LogP contribution in [0.25, 0.3) is 0 Å². The van der Waals surface area contributed by atoms with E-state index in [1.807, 2.05) is 0 Å². The Labute approximate surface area is 82.9 Å². The van der Waals surface area contributed by atoms with Crippen LogP contribution in [0.5, 0.6) is 0 Å². The minimum atomic E-state index is -0.910. The highest BCUT2D eigenvalue weighted by Crippen LogP contribution is 2.04. The number of aliphatic carboxylic acids is 1. The van der Waals surface area contributed by atoms with Gasteiger partial charge in [0.15, 0.2) is 0 Å². The highest BCUT2D eigenvalue weighted by molar-refractivity contribution is 9.10. The van der Waals surface area contributed by atoms with Gasteiger partial charge in [-0.1, -0.05) is 0 Å². The Kier molecular flexibility index (Phi) is 3.25. The number of rotatable bonds is 3. The molecule has 0 aliphatic carbocycles. The predicted molar refractivity (Wildman–Crippen MR) is 50.7 cm³/mol. The molecular formula is C8H8BrNO3. The molecule has 4 nitrogen and oxygen atoms in total. The van der Waals surface area contributed by atoms with Crippen LogP contribution in [0.3, 0.4) is 0 Å². The highest BCUT2D eigenvalue weighted by Gasteiger charge is 2.00. The molecule has 0 aliphatic rings. The maximum Gasteiger partial charge on any atom is 0.305 e. The summed E-state index contributed by atoms with van der Waals surface area (Å²) in [6.45, 7) is 0.202. The zero-order chi connectivity index (χ0) is 9.84. The van der Waals surface area contributed by atoms with E-state index in [0.29, 0.717) is 0 Å². The quantitative estimate of drug-likeness (QED) is 0.868. The van der Waals surface area contributed by atoms with Crippen molar-refractivity contribution >= 4 is 21.9 Å². The highest BCUT2D eigenvalue weighted by atomic mass is 79.9. The fraction of sp³-hybridized carbons (Fsp3) is 0.250. The first-order valence-electron chi connectivity index (χ1n) is 3.67. The molecule has 1 N–H and O–H groups in total. The Morgan fingerprint density at radius 1 is 1.54 bits per heavy atom. The molecule has 1 aromatic heterocycles. The Morgan fingerprint density at radius 2 is 2.23 bits per heavy atom. The van der Waals surface area contributed by atoms with Crippen molar-refractivity contribution in [1.82, 2.24) is 4.57 Å². The van der Waals surface area contributed by atoms with Crippen LogP contribution in [0.1, 0.15) is 6.42 Å². The van der Waals surface area contributed by atoms with Crippen molar-refractivity contribution in [3.8, 4) is 0 Å². The van der Waals surface area contributed by atoms with Crippen molar-refractivity contribution in [2.75, 3.05) is 0 Å². The monoisotopic (exact) mass is 245 g/mol. The minimum Gasteiger partial charge on any atom is -0.481 e. The van der Waals surface area contributed by atoms with E-state index in [1.54, 1.807) is 12.3 Å². The number of hydrogen-bond acceptors (Lipinski definition) is 2. The van der Waals surface area contributed by atoms with E-state index in [2.05, 4.69) is 15.9 Å². The molecule has 0 spiro atoms. The van der Waals surface area contributed by atoms with Crippen molar-refractivity contribution in [3.05, 3.63) is 33.2 Å². The van der Waals surface area contributed by atoms with Crippen LogP contribution in [0, 0.1) is 0 Å². The smallest absolute Gasteiger partial charge is 0.305 e. The number of carboxylic acid groups (broad SMARTS) is 1. The van der Waals surface area contributed by atoms with Gasteiger partial charge in [-0.25, -0.2) is 0 Å².